The molecule has 20 heavy (non-hydrogen) atoms. The van der Waals surface area contributed by atoms with Gasteiger partial charge in [0, 0.05) is 12.1 Å². The molecule has 0 aliphatic carbocycles. The number of piperidine rings is 1. The van der Waals surface area contributed by atoms with Gasteiger partial charge < -0.3 is 10.2 Å². The Kier molecular flexibility index (Phi) is 8.13. The fraction of sp³-hybridized carbons (Fsp3) is 1.00. The number of nitrogens with one attached hydrogen (secondary N) is 1. The molecule has 1 N–H and O–H groups in total. The quantitative estimate of drug-likeness (QED) is 0.662. The van der Waals surface area contributed by atoms with Crippen molar-refractivity contribution in [2.75, 3.05) is 19.6 Å². The van der Waals surface area contributed by atoms with E-state index in [1.165, 1.54) is 64.6 Å². The summed E-state index contributed by atoms with van der Waals surface area (Å²) in [5.41, 5.74) is 0.517. The Morgan fingerprint density at radius 3 is 2.15 bits per heavy atom. The second-order valence-corrected chi connectivity index (χ2v) is 8.08. The highest BCUT2D eigenvalue weighted by Crippen LogP contribution is 2.22. The monoisotopic (exact) mass is 282 g/mol. The molecular formula is C18H38N2. The second kappa shape index (κ2) is 9.04. The average Bonchev–Trinajstić information content (AvgIpc) is 2.37. The number of nitrogens with zero attached hydrogens (tertiary/aromatic N) is 1. The van der Waals surface area contributed by atoms with Gasteiger partial charge in [-0.25, -0.2) is 0 Å². The fourth-order valence-corrected chi connectivity index (χ4v) is 3.06. The first-order valence-electron chi connectivity index (χ1n) is 8.86. The molecule has 0 bridgehead atoms. The topological polar surface area (TPSA) is 15.3 Å². The highest BCUT2D eigenvalue weighted by Gasteiger charge is 2.19. The summed E-state index contributed by atoms with van der Waals surface area (Å²) < 4.78 is 0. The first-order valence-corrected chi connectivity index (χ1v) is 8.86. The summed E-state index contributed by atoms with van der Waals surface area (Å²) in [5.74, 6) is 0. The molecule has 0 amide bonds. The summed E-state index contributed by atoms with van der Waals surface area (Å²) in [6.45, 7) is 15.4. The SMILES string of the molecule is CC(C)N1CCC(NCCCCCCC(C)(C)C)CC1. The molecule has 1 aliphatic heterocycles. The largest absolute Gasteiger partial charge is 0.314 e. The number of unbranched alkanes of at least 4 members (excludes halogenated alkanes) is 3. The predicted octanol–water partition coefficient (Wildman–Crippen LogP) is 4.45. The van der Waals surface area contributed by atoms with Crippen molar-refractivity contribution in [3.8, 4) is 0 Å². The molecule has 0 saturated carbocycles. The Hall–Kier alpha value is -0.0800. The zero-order valence-electron chi connectivity index (χ0n) is 14.7. The minimum Gasteiger partial charge on any atom is -0.314 e. The van der Waals surface area contributed by atoms with Crippen LogP contribution in [0.5, 0.6) is 0 Å². The van der Waals surface area contributed by atoms with Gasteiger partial charge in [0.2, 0.25) is 0 Å². The Labute approximate surface area is 127 Å². The van der Waals surface area contributed by atoms with Gasteiger partial charge in [-0.05, 0) is 64.6 Å². The van der Waals surface area contributed by atoms with Gasteiger partial charge in [0.1, 0.15) is 0 Å². The van der Waals surface area contributed by atoms with E-state index >= 15 is 0 Å². The maximum Gasteiger partial charge on any atom is 0.00914 e. The molecule has 0 unspecified atom stereocenters. The normalized spacial score (nSPS) is 18.9. The molecule has 1 heterocycles. The molecule has 120 valence electrons. The minimum absolute atomic E-state index is 0.517. The van der Waals surface area contributed by atoms with Gasteiger partial charge in [0.05, 0.1) is 0 Å². The van der Waals surface area contributed by atoms with Crippen LogP contribution in [0.15, 0.2) is 0 Å². The van der Waals surface area contributed by atoms with Crippen LogP contribution in [0.25, 0.3) is 0 Å². The highest BCUT2D eigenvalue weighted by atomic mass is 15.2. The summed E-state index contributed by atoms with van der Waals surface area (Å²) >= 11 is 0. The first-order chi connectivity index (χ1) is 9.38. The van der Waals surface area contributed by atoms with Crippen LogP contribution >= 0.6 is 0 Å². The van der Waals surface area contributed by atoms with Gasteiger partial charge in [-0.2, -0.15) is 0 Å². The minimum atomic E-state index is 0.517. The summed E-state index contributed by atoms with van der Waals surface area (Å²) in [6, 6.07) is 1.50. The molecule has 0 aromatic rings. The van der Waals surface area contributed by atoms with Crippen LogP contribution in [-0.2, 0) is 0 Å². The van der Waals surface area contributed by atoms with Crippen molar-refractivity contribution < 1.29 is 0 Å². The van der Waals surface area contributed by atoms with E-state index in [4.69, 9.17) is 0 Å². The van der Waals surface area contributed by atoms with E-state index in [1.807, 2.05) is 0 Å². The van der Waals surface area contributed by atoms with Crippen LogP contribution in [0.3, 0.4) is 0 Å². The van der Waals surface area contributed by atoms with Gasteiger partial charge in [0.15, 0.2) is 0 Å². The van der Waals surface area contributed by atoms with Gasteiger partial charge >= 0.3 is 0 Å². The van der Waals surface area contributed by atoms with Gasteiger partial charge in [-0.15, -0.1) is 0 Å². The number of likely N-dealkylation sites (tertiary alicyclic amines) is 1. The molecule has 1 saturated heterocycles. The fourth-order valence-electron chi connectivity index (χ4n) is 3.06. The maximum atomic E-state index is 3.76. The van der Waals surface area contributed by atoms with Crippen LogP contribution in [0.4, 0.5) is 0 Å². The molecule has 1 aliphatic rings. The molecule has 0 spiro atoms. The Balaban J connectivity index is 1.93. The lowest BCUT2D eigenvalue weighted by Crippen LogP contribution is -2.45. The zero-order chi connectivity index (χ0) is 15.0. The van der Waals surface area contributed by atoms with Crippen LogP contribution in [0.2, 0.25) is 0 Å². The summed E-state index contributed by atoms with van der Waals surface area (Å²) in [6.07, 6.45) is 9.60. The Morgan fingerprint density at radius 1 is 1.00 bits per heavy atom. The number of rotatable bonds is 8. The van der Waals surface area contributed by atoms with Crippen molar-refractivity contribution in [3.63, 3.8) is 0 Å². The molecule has 1 rings (SSSR count). The van der Waals surface area contributed by atoms with E-state index < -0.39 is 0 Å². The zero-order valence-corrected chi connectivity index (χ0v) is 14.7. The van der Waals surface area contributed by atoms with E-state index in [-0.39, 0.29) is 0 Å². The number of hydrogen-bond donors (Lipinski definition) is 1. The van der Waals surface area contributed by atoms with Crippen LogP contribution in [0, 0.1) is 5.41 Å². The van der Waals surface area contributed by atoms with Crippen LogP contribution < -0.4 is 5.32 Å². The van der Waals surface area contributed by atoms with E-state index in [2.05, 4.69) is 44.8 Å². The lowest BCUT2D eigenvalue weighted by atomic mass is 9.89. The molecule has 0 aromatic heterocycles. The van der Waals surface area contributed by atoms with Crippen molar-refractivity contribution in [1.82, 2.24) is 10.2 Å². The molecule has 0 atom stereocenters. The van der Waals surface area contributed by atoms with Gasteiger partial charge in [-0.1, -0.05) is 40.0 Å². The lowest BCUT2D eigenvalue weighted by Gasteiger charge is -2.35. The van der Waals surface area contributed by atoms with Gasteiger partial charge in [0.25, 0.3) is 0 Å². The van der Waals surface area contributed by atoms with Crippen LogP contribution in [-0.4, -0.2) is 36.6 Å². The Morgan fingerprint density at radius 2 is 1.60 bits per heavy atom. The third-order valence-electron chi connectivity index (χ3n) is 4.55. The molecule has 0 radical (unpaired) electrons. The molecule has 1 fully saturated rings. The average molecular weight is 283 g/mol. The van der Waals surface area contributed by atoms with Gasteiger partial charge in [-0.3, -0.25) is 0 Å². The summed E-state index contributed by atoms with van der Waals surface area (Å²) in [4.78, 5) is 2.60. The standard InChI is InChI=1S/C18H38N2/c1-16(2)20-14-10-17(11-15-20)19-13-9-7-6-8-12-18(3,4)5/h16-17,19H,6-15H2,1-5H3. The van der Waals surface area contributed by atoms with E-state index in [0.717, 1.165) is 12.1 Å². The molecular weight excluding hydrogens is 244 g/mol. The second-order valence-electron chi connectivity index (χ2n) is 8.08. The van der Waals surface area contributed by atoms with Crippen LogP contribution in [0.1, 0.15) is 79.6 Å². The van der Waals surface area contributed by atoms with Crippen molar-refractivity contribution in [2.24, 2.45) is 5.41 Å². The van der Waals surface area contributed by atoms with E-state index in [9.17, 15) is 0 Å². The molecule has 0 aromatic carbocycles. The summed E-state index contributed by atoms with van der Waals surface area (Å²) in [7, 11) is 0. The first kappa shape index (κ1) is 18.0. The molecule has 2 nitrogen and oxygen atoms in total. The highest BCUT2D eigenvalue weighted by molar-refractivity contribution is 4.78. The molecule has 2 heteroatoms. The smallest absolute Gasteiger partial charge is 0.00914 e. The van der Waals surface area contributed by atoms with E-state index in [1.54, 1.807) is 0 Å². The van der Waals surface area contributed by atoms with Crippen molar-refractivity contribution in [2.45, 2.75) is 91.6 Å². The maximum absolute atomic E-state index is 3.76. The van der Waals surface area contributed by atoms with Crippen molar-refractivity contribution in [1.29, 1.82) is 0 Å². The Bertz CT molecular complexity index is 234. The number of hydrogen-bond acceptors (Lipinski definition) is 2. The lowest BCUT2D eigenvalue weighted by molar-refractivity contribution is 0.161. The predicted molar refractivity (Wildman–Crippen MR) is 90.3 cm³/mol. The van der Waals surface area contributed by atoms with Crippen molar-refractivity contribution >= 4 is 0 Å². The van der Waals surface area contributed by atoms with Crippen molar-refractivity contribution in [3.05, 3.63) is 0 Å². The third kappa shape index (κ3) is 8.26. The summed E-state index contributed by atoms with van der Waals surface area (Å²) in [5, 5.41) is 3.76. The van der Waals surface area contributed by atoms with E-state index in [0.29, 0.717) is 5.41 Å². The third-order valence-corrected chi connectivity index (χ3v) is 4.55.